The second kappa shape index (κ2) is 12.9. The van der Waals surface area contributed by atoms with Gasteiger partial charge in [-0.25, -0.2) is 0 Å². The molecule has 0 bridgehead atoms. The molecule has 0 aliphatic carbocycles. The van der Waals surface area contributed by atoms with Crippen LogP contribution in [-0.2, 0) is 16.0 Å². The minimum atomic E-state index is -0.167. The first-order valence-electron chi connectivity index (χ1n) is 13.0. The van der Waals surface area contributed by atoms with Crippen LogP contribution < -0.4 is 24.8 Å². The lowest BCUT2D eigenvalue weighted by Crippen LogP contribution is -2.41. The Hall–Kier alpha value is -3.65. The number of rotatable bonds is 10. The van der Waals surface area contributed by atoms with Crippen LogP contribution in [0, 0.1) is 6.92 Å². The number of halogens is 1. The van der Waals surface area contributed by atoms with E-state index in [4.69, 9.17) is 14.2 Å². The molecule has 0 saturated carbocycles. The molecule has 4 rings (SSSR count). The summed E-state index contributed by atoms with van der Waals surface area (Å²) in [6, 6.07) is 17.7. The van der Waals surface area contributed by atoms with E-state index in [1.807, 2.05) is 41.4 Å². The van der Waals surface area contributed by atoms with Crippen LogP contribution in [0.15, 0.2) is 65.6 Å². The van der Waals surface area contributed by atoms with Gasteiger partial charge in [0.25, 0.3) is 0 Å². The number of hydrogen-bond acceptors (Lipinski definition) is 6. The van der Waals surface area contributed by atoms with Crippen molar-refractivity contribution in [3.8, 4) is 11.5 Å². The maximum atomic E-state index is 13.6. The van der Waals surface area contributed by atoms with E-state index in [0.717, 1.165) is 69.9 Å². The highest BCUT2D eigenvalue weighted by Crippen LogP contribution is 2.38. The van der Waals surface area contributed by atoms with Gasteiger partial charge in [0.1, 0.15) is 17.3 Å². The molecule has 1 saturated heterocycles. The molecule has 1 amide bonds. The molecule has 0 atom stereocenters. The first-order valence-corrected chi connectivity index (χ1v) is 13.8. The molecular weight excluding hydrogens is 558 g/mol. The number of amides is 1. The third-order valence-corrected chi connectivity index (χ3v) is 7.71. The number of nitrogens with one attached hydrogen (secondary N) is 1. The molecule has 1 N–H and O–H groups in total. The number of carbonyl (C=O) groups is 1. The van der Waals surface area contributed by atoms with E-state index < -0.39 is 0 Å². The summed E-state index contributed by atoms with van der Waals surface area (Å²) in [7, 11) is 4.80. The third-order valence-electron chi connectivity index (χ3n) is 6.97. The predicted octanol–water partition coefficient (Wildman–Crippen LogP) is 6.79. The number of aryl methyl sites for hydroxylation is 1. The molecule has 0 aromatic heterocycles. The number of para-hydroxylation sites is 1. The van der Waals surface area contributed by atoms with Crippen LogP contribution in [0.1, 0.15) is 36.0 Å². The topological polar surface area (TPSA) is 63.3 Å². The number of nitrogens with zero attached hydrogens (tertiary/aromatic N) is 2. The molecule has 8 heteroatoms. The fraction of sp³-hybridized carbons (Fsp3) is 0.323. The fourth-order valence-electron chi connectivity index (χ4n) is 4.87. The first kappa shape index (κ1) is 28.4. The van der Waals surface area contributed by atoms with E-state index in [1.165, 1.54) is 6.42 Å². The van der Waals surface area contributed by atoms with E-state index in [-0.39, 0.29) is 12.3 Å². The number of benzene rings is 3. The molecule has 1 aliphatic heterocycles. The maximum absolute atomic E-state index is 13.6. The summed E-state index contributed by atoms with van der Waals surface area (Å²) in [5.41, 5.74) is 8.67. The Morgan fingerprint density at radius 2 is 1.74 bits per heavy atom. The minimum Gasteiger partial charge on any atom is -0.497 e. The number of carbonyl (C=O) groups excluding carboxylic acids is 1. The van der Waals surface area contributed by atoms with Gasteiger partial charge < -0.3 is 19.1 Å². The van der Waals surface area contributed by atoms with Gasteiger partial charge in [-0.1, -0.05) is 34.6 Å². The van der Waals surface area contributed by atoms with Crippen molar-refractivity contribution < 1.29 is 19.0 Å². The van der Waals surface area contributed by atoms with E-state index >= 15 is 0 Å². The van der Waals surface area contributed by atoms with Gasteiger partial charge in [-0.05, 0) is 79.8 Å². The van der Waals surface area contributed by atoms with Gasteiger partial charge in [-0.3, -0.25) is 15.2 Å². The molecule has 0 unspecified atom stereocenters. The van der Waals surface area contributed by atoms with Gasteiger partial charge in [0.05, 0.1) is 50.4 Å². The van der Waals surface area contributed by atoms with Crippen molar-refractivity contribution >= 4 is 44.7 Å². The maximum Gasteiger partial charge on any atom is 0.243 e. The molecule has 1 aliphatic rings. The molecule has 0 radical (unpaired) electrons. The number of anilines is 3. The van der Waals surface area contributed by atoms with Crippen molar-refractivity contribution in [2.45, 2.75) is 32.6 Å². The Morgan fingerprint density at radius 1 is 1.03 bits per heavy atom. The minimum absolute atomic E-state index is 0.133. The van der Waals surface area contributed by atoms with E-state index in [2.05, 4.69) is 58.0 Å². The van der Waals surface area contributed by atoms with Crippen LogP contribution in [0.25, 0.3) is 5.76 Å². The van der Waals surface area contributed by atoms with Crippen LogP contribution in [0.2, 0.25) is 0 Å². The zero-order valence-electron chi connectivity index (χ0n) is 23.1. The first-order chi connectivity index (χ1) is 18.9. The summed E-state index contributed by atoms with van der Waals surface area (Å²) in [5.74, 6) is 1.66. The molecule has 39 heavy (non-hydrogen) atoms. The second-order valence-electron chi connectivity index (χ2n) is 9.51. The van der Waals surface area contributed by atoms with Crippen LogP contribution in [0.5, 0.6) is 11.5 Å². The molecule has 7 nitrogen and oxygen atoms in total. The molecule has 206 valence electrons. The monoisotopic (exact) mass is 593 g/mol. The third kappa shape index (κ3) is 6.50. The zero-order chi connectivity index (χ0) is 27.9. The molecule has 0 spiro atoms. The summed E-state index contributed by atoms with van der Waals surface area (Å²) >= 11 is 3.62. The standard InChI is InChI=1S/C31H36BrN3O4/c1-21-10-9-11-28(34-16-7-6-8-17-34)31(21)35(24-12-14-25(38-4)15-13-24)33-30(36)19-23-18-29(39-5)26(20-27(23)32)22(2)37-3/h9-15,18,20H,2,6-8,16-17,19H2,1,3-5H3,(H,33,36). The zero-order valence-corrected chi connectivity index (χ0v) is 24.6. The highest BCUT2D eigenvalue weighted by Gasteiger charge is 2.24. The van der Waals surface area contributed by atoms with E-state index in [9.17, 15) is 4.79 Å². The van der Waals surface area contributed by atoms with E-state index in [0.29, 0.717) is 11.5 Å². The normalized spacial score (nSPS) is 13.0. The molecule has 1 fully saturated rings. The summed E-state index contributed by atoms with van der Waals surface area (Å²) in [5, 5.41) is 1.90. The van der Waals surface area contributed by atoms with Crippen LogP contribution in [0.4, 0.5) is 17.1 Å². The van der Waals surface area contributed by atoms with Crippen molar-refractivity contribution in [1.29, 1.82) is 0 Å². The lowest BCUT2D eigenvalue weighted by Gasteiger charge is -2.35. The smallest absolute Gasteiger partial charge is 0.243 e. The predicted molar refractivity (Wildman–Crippen MR) is 161 cm³/mol. The summed E-state index contributed by atoms with van der Waals surface area (Å²) in [4.78, 5) is 16.0. The Kier molecular flexibility index (Phi) is 9.41. The van der Waals surface area contributed by atoms with Crippen molar-refractivity contribution in [2.75, 3.05) is 44.3 Å². The lowest BCUT2D eigenvalue weighted by molar-refractivity contribution is -0.120. The van der Waals surface area contributed by atoms with Crippen LogP contribution >= 0.6 is 15.9 Å². The molecule has 3 aromatic carbocycles. The SMILES string of the molecule is C=C(OC)c1cc(Br)c(CC(=O)NN(c2ccc(OC)cc2)c2c(C)cccc2N2CCCCC2)cc1OC. The summed E-state index contributed by atoms with van der Waals surface area (Å²) in [6.07, 6.45) is 3.69. The average molecular weight is 595 g/mol. The molecule has 3 aromatic rings. The molecule has 1 heterocycles. The Bertz CT molecular complexity index is 1320. The van der Waals surface area contributed by atoms with Gasteiger partial charge in [-0.15, -0.1) is 0 Å². The highest BCUT2D eigenvalue weighted by molar-refractivity contribution is 9.10. The second-order valence-corrected chi connectivity index (χ2v) is 10.4. The van der Waals surface area contributed by atoms with Crippen molar-refractivity contribution in [1.82, 2.24) is 5.43 Å². The largest absolute Gasteiger partial charge is 0.497 e. The number of ether oxygens (including phenoxy) is 3. The Morgan fingerprint density at radius 3 is 2.38 bits per heavy atom. The van der Waals surface area contributed by atoms with Crippen molar-refractivity contribution in [3.63, 3.8) is 0 Å². The van der Waals surface area contributed by atoms with Gasteiger partial charge in [0.15, 0.2) is 0 Å². The van der Waals surface area contributed by atoms with Crippen molar-refractivity contribution in [3.05, 3.63) is 82.3 Å². The van der Waals surface area contributed by atoms with E-state index in [1.54, 1.807) is 21.3 Å². The number of methoxy groups -OCH3 is 3. The van der Waals surface area contributed by atoms with Gasteiger partial charge in [-0.2, -0.15) is 0 Å². The number of hydrogen-bond donors (Lipinski definition) is 1. The summed E-state index contributed by atoms with van der Waals surface area (Å²) in [6.45, 7) is 8.00. The Labute approximate surface area is 239 Å². The van der Waals surface area contributed by atoms with Gasteiger partial charge >= 0.3 is 0 Å². The number of piperidine rings is 1. The Balaban J connectivity index is 1.70. The highest BCUT2D eigenvalue weighted by atomic mass is 79.9. The van der Waals surface area contributed by atoms with Gasteiger partial charge in [0, 0.05) is 17.6 Å². The quantitative estimate of drug-likeness (QED) is 0.206. The average Bonchev–Trinajstić information content (AvgIpc) is 2.97. The fourth-order valence-corrected chi connectivity index (χ4v) is 5.35. The summed E-state index contributed by atoms with van der Waals surface area (Å²) < 4.78 is 17.0. The lowest BCUT2D eigenvalue weighted by atomic mass is 10.1. The van der Waals surface area contributed by atoms with Crippen LogP contribution in [0.3, 0.4) is 0 Å². The molecular formula is C31H36BrN3O4. The van der Waals surface area contributed by atoms with Gasteiger partial charge in [0.2, 0.25) is 5.91 Å². The van der Waals surface area contributed by atoms with Crippen molar-refractivity contribution in [2.24, 2.45) is 0 Å². The van der Waals surface area contributed by atoms with Crippen LogP contribution in [-0.4, -0.2) is 40.3 Å². The number of hydrazine groups is 1.